The molecule has 1 fully saturated rings. The topological polar surface area (TPSA) is 95.8 Å². The number of nitrogens with one attached hydrogen (secondary N) is 1. The summed E-state index contributed by atoms with van der Waals surface area (Å²) < 4.78 is 5.75. The van der Waals surface area contributed by atoms with Crippen molar-refractivity contribution in [2.45, 2.75) is 26.7 Å². The van der Waals surface area contributed by atoms with Crippen LogP contribution in [0.25, 0.3) is 11.3 Å². The molecule has 1 aliphatic heterocycles. The number of rotatable bonds is 6. The molecule has 0 spiro atoms. The van der Waals surface area contributed by atoms with E-state index in [1.807, 2.05) is 43.3 Å². The molecule has 0 bridgehead atoms. The molecule has 0 aliphatic carbocycles. The SMILES string of the molecule is CC(=O)N1CCN(c2cccc(NC(=O)CCc3ncc(-c4ccccc4)o3)c2C)C1=O. The summed E-state index contributed by atoms with van der Waals surface area (Å²) in [4.78, 5) is 43.7. The van der Waals surface area contributed by atoms with Gasteiger partial charge >= 0.3 is 6.03 Å². The van der Waals surface area contributed by atoms with Gasteiger partial charge in [-0.15, -0.1) is 0 Å². The van der Waals surface area contributed by atoms with Crippen molar-refractivity contribution in [1.29, 1.82) is 0 Å². The predicted molar refractivity (Wildman–Crippen MR) is 120 cm³/mol. The predicted octanol–water partition coefficient (Wildman–Crippen LogP) is 4.01. The monoisotopic (exact) mass is 432 g/mol. The quantitative estimate of drug-likeness (QED) is 0.635. The fourth-order valence-electron chi connectivity index (χ4n) is 3.70. The molecule has 1 saturated heterocycles. The summed E-state index contributed by atoms with van der Waals surface area (Å²) in [5.74, 6) is 0.709. The molecule has 0 saturated carbocycles. The molecular weight excluding hydrogens is 408 g/mol. The van der Waals surface area contributed by atoms with E-state index in [9.17, 15) is 14.4 Å². The van der Waals surface area contributed by atoms with Crippen LogP contribution in [0.2, 0.25) is 0 Å². The van der Waals surface area contributed by atoms with Crippen LogP contribution in [0.15, 0.2) is 59.1 Å². The molecule has 4 amide bonds. The zero-order chi connectivity index (χ0) is 22.7. The minimum atomic E-state index is -0.345. The number of carbonyl (C=O) groups is 3. The molecular formula is C24H24N4O4. The highest BCUT2D eigenvalue weighted by atomic mass is 16.4. The van der Waals surface area contributed by atoms with Crippen molar-refractivity contribution in [3.8, 4) is 11.3 Å². The molecule has 8 nitrogen and oxygen atoms in total. The number of amides is 4. The second-order valence-corrected chi connectivity index (χ2v) is 7.59. The van der Waals surface area contributed by atoms with Gasteiger partial charge in [-0.2, -0.15) is 0 Å². The van der Waals surface area contributed by atoms with Crippen LogP contribution >= 0.6 is 0 Å². The summed E-state index contributed by atoms with van der Waals surface area (Å²) in [6.07, 6.45) is 2.24. The zero-order valence-corrected chi connectivity index (χ0v) is 18.0. The van der Waals surface area contributed by atoms with Gasteiger partial charge < -0.3 is 9.73 Å². The number of hydrogen-bond acceptors (Lipinski definition) is 5. The second-order valence-electron chi connectivity index (χ2n) is 7.59. The van der Waals surface area contributed by atoms with E-state index in [0.717, 1.165) is 11.1 Å². The van der Waals surface area contributed by atoms with Crippen LogP contribution in [-0.4, -0.2) is 40.8 Å². The van der Waals surface area contributed by atoms with E-state index in [0.29, 0.717) is 42.5 Å². The first-order valence-electron chi connectivity index (χ1n) is 10.4. The summed E-state index contributed by atoms with van der Waals surface area (Å²) in [5.41, 5.74) is 3.00. The standard InChI is InChI=1S/C24H24N4O4/c1-16-19(9-6-10-20(16)28-14-13-27(17(2)29)24(28)31)26-22(30)11-12-23-25-15-21(32-23)18-7-4-3-5-8-18/h3-10,15H,11-14H2,1-2H3,(H,26,30). The number of urea groups is 1. The van der Waals surface area contributed by atoms with E-state index in [1.165, 1.54) is 11.8 Å². The molecule has 32 heavy (non-hydrogen) atoms. The molecule has 8 heteroatoms. The number of aromatic nitrogens is 1. The van der Waals surface area contributed by atoms with E-state index in [1.54, 1.807) is 23.2 Å². The molecule has 164 valence electrons. The van der Waals surface area contributed by atoms with Crippen LogP contribution in [-0.2, 0) is 16.0 Å². The number of imide groups is 1. The fraction of sp³-hybridized carbons (Fsp3) is 0.250. The van der Waals surface area contributed by atoms with Crippen molar-refractivity contribution < 1.29 is 18.8 Å². The van der Waals surface area contributed by atoms with Gasteiger partial charge in [0.1, 0.15) is 0 Å². The summed E-state index contributed by atoms with van der Waals surface area (Å²) in [5, 5.41) is 2.90. The average Bonchev–Trinajstić information content (AvgIpc) is 3.41. The largest absolute Gasteiger partial charge is 0.441 e. The highest BCUT2D eigenvalue weighted by Crippen LogP contribution is 2.29. The number of hydrogen-bond donors (Lipinski definition) is 1. The van der Waals surface area contributed by atoms with Crippen molar-refractivity contribution in [2.24, 2.45) is 0 Å². The lowest BCUT2D eigenvalue weighted by molar-refractivity contribution is -0.125. The average molecular weight is 432 g/mol. The first kappa shape index (κ1) is 21.3. The summed E-state index contributed by atoms with van der Waals surface area (Å²) in [6.45, 7) is 3.99. The number of aryl methyl sites for hydroxylation is 1. The summed E-state index contributed by atoms with van der Waals surface area (Å²) >= 11 is 0. The smallest absolute Gasteiger partial charge is 0.331 e. The lowest BCUT2D eigenvalue weighted by Crippen LogP contribution is -2.35. The number of carbonyl (C=O) groups excluding carboxylic acids is 3. The van der Waals surface area contributed by atoms with Gasteiger partial charge in [0.25, 0.3) is 0 Å². The summed E-state index contributed by atoms with van der Waals surface area (Å²) in [6, 6.07) is 14.7. The Kier molecular flexibility index (Phi) is 6.02. The third kappa shape index (κ3) is 4.39. The maximum Gasteiger partial charge on any atom is 0.331 e. The van der Waals surface area contributed by atoms with Crippen molar-refractivity contribution in [3.63, 3.8) is 0 Å². The van der Waals surface area contributed by atoms with E-state index in [4.69, 9.17) is 4.42 Å². The van der Waals surface area contributed by atoms with Gasteiger partial charge in [-0.3, -0.25) is 19.4 Å². The van der Waals surface area contributed by atoms with Crippen LogP contribution in [0.3, 0.4) is 0 Å². The van der Waals surface area contributed by atoms with Crippen LogP contribution < -0.4 is 10.2 Å². The Morgan fingerprint density at radius 2 is 1.88 bits per heavy atom. The minimum absolute atomic E-state index is 0.178. The lowest BCUT2D eigenvalue weighted by atomic mass is 10.1. The van der Waals surface area contributed by atoms with E-state index in [-0.39, 0.29) is 24.3 Å². The number of nitrogens with zero attached hydrogens (tertiary/aromatic N) is 3. The van der Waals surface area contributed by atoms with Gasteiger partial charge in [0.2, 0.25) is 11.8 Å². The zero-order valence-electron chi connectivity index (χ0n) is 18.0. The van der Waals surface area contributed by atoms with Crippen LogP contribution in [0, 0.1) is 6.92 Å². The van der Waals surface area contributed by atoms with Crippen molar-refractivity contribution >= 4 is 29.2 Å². The number of oxazole rings is 1. The fourth-order valence-corrected chi connectivity index (χ4v) is 3.70. The molecule has 3 aromatic rings. The molecule has 2 aromatic carbocycles. The highest BCUT2D eigenvalue weighted by Gasteiger charge is 2.33. The molecule has 2 heterocycles. The maximum atomic E-state index is 12.5. The number of anilines is 2. The third-order valence-corrected chi connectivity index (χ3v) is 5.44. The van der Waals surface area contributed by atoms with Gasteiger partial charge in [0, 0.05) is 44.1 Å². The van der Waals surface area contributed by atoms with Gasteiger partial charge in [-0.25, -0.2) is 9.78 Å². The van der Waals surface area contributed by atoms with Crippen LogP contribution in [0.4, 0.5) is 16.2 Å². The first-order valence-corrected chi connectivity index (χ1v) is 10.4. The highest BCUT2D eigenvalue weighted by molar-refractivity contribution is 6.05. The molecule has 1 aliphatic rings. The van der Waals surface area contributed by atoms with Gasteiger partial charge in [-0.05, 0) is 24.6 Å². The third-order valence-electron chi connectivity index (χ3n) is 5.44. The molecule has 1 aromatic heterocycles. The van der Waals surface area contributed by atoms with Crippen LogP contribution in [0.5, 0.6) is 0 Å². The van der Waals surface area contributed by atoms with Gasteiger partial charge in [0.05, 0.1) is 11.9 Å². The Balaban J connectivity index is 1.39. The van der Waals surface area contributed by atoms with Gasteiger partial charge in [-0.1, -0.05) is 36.4 Å². The van der Waals surface area contributed by atoms with E-state index < -0.39 is 0 Å². The Hall–Kier alpha value is -3.94. The normalized spacial score (nSPS) is 13.5. The van der Waals surface area contributed by atoms with E-state index in [2.05, 4.69) is 10.3 Å². The maximum absolute atomic E-state index is 12.5. The molecule has 0 unspecified atom stereocenters. The van der Waals surface area contributed by atoms with Crippen LogP contribution in [0.1, 0.15) is 24.8 Å². The molecule has 0 radical (unpaired) electrons. The molecule has 0 atom stereocenters. The molecule has 1 N–H and O–H groups in total. The Morgan fingerprint density at radius 1 is 1.09 bits per heavy atom. The Morgan fingerprint density at radius 3 is 2.59 bits per heavy atom. The van der Waals surface area contributed by atoms with E-state index >= 15 is 0 Å². The molecule has 4 rings (SSSR count). The number of benzene rings is 2. The van der Waals surface area contributed by atoms with Crippen molar-refractivity contribution in [2.75, 3.05) is 23.3 Å². The Bertz CT molecular complexity index is 1160. The second kappa shape index (κ2) is 9.05. The van der Waals surface area contributed by atoms with Crippen molar-refractivity contribution in [3.05, 3.63) is 66.2 Å². The minimum Gasteiger partial charge on any atom is -0.441 e. The Labute approximate surface area is 185 Å². The van der Waals surface area contributed by atoms with Gasteiger partial charge in [0.15, 0.2) is 11.7 Å². The summed E-state index contributed by atoms with van der Waals surface area (Å²) in [7, 11) is 0. The van der Waals surface area contributed by atoms with Crippen molar-refractivity contribution in [1.82, 2.24) is 9.88 Å². The lowest BCUT2D eigenvalue weighted by Gasteiger charge is -2.20. The first-order chi connectivity index (χ1) is 15.4.